The zero-order chi connectivity index (χ0) is 12.6. The van der Waals surface area contributed by atoms with Gasteiger partial charge in [-0.2, -0.15) is 12.6 Å². The molecule has 0 aromatic heterocycles. The molecule has 1 atom stereocenters. The molecular weight excluding hydrogens is 308 g/mol. The molecule has 0 radical (unpaired) electrons. The minimum atomic E-state index is -0.480. The zero-order valence-electron chi connectivity index (χ0n) is 8.67. The molecule has 1 fully saturated rings. The topological polar surface area (TPSA) is 63.5 Å². The van der Waals surface area contributed by atoms with E-state index >= 15 is 0 Å². The molecule has 17 heavy (non-hydrogen) atoms. The van der Waals surface area contributed by atoms with Gasteiger partial charge in [0.15, 0.2) is 0 Å². The number of halogens is 1. The maximum Gasteiger partial charge on any atom is 0.285 e. The molecule has 0 saturated carbocycles. The number of hydrogen-bond acceptors (Lipinski definition) is 4. The van der Waals surface area contributed by atoms with Crippen LogP contribution in [0.2, 0.25) is 0 Å². The first-order valence-electron chi connectivity index (χ1n) is 4.91. The monoisotopic (exact) mass is 316 g/mol. The van der Waals surface area contributed by atoms with Crippen molar-refractivity contribution in [3.63, 3.8) is 0 Å². The van der Waals surface area contributed by atoms with Gasteiger partial charge < -0.3 is 4.90 Å². The molecule has 1 aliphatic rings. The number of nitro benzene ring substituents is 1. The Balaban J connectivity index is 2.37. The van der Waals surface area contributed by atoms with Gasteiger partial charge in [-0.25, -0.2) is 0 Å². The minimum Gasteiger partial charge on any atom is -0.311 e. The van der Waals surface area contributed by atoms with Crippen LogP contribution < -0.4 is 4.90 Å². The third-order valence-corrected chi connectivity index (χ3v) is 3.56. The fourth-order valence-corrected chi connectivity index (χ4v) is 2.46. The molecular formula is C10H9BrN2O3S. The van der Waals surface area contributed by atoms with Crippen molar-refractivity contribution < 1.29 is 9.72 Å². The highest BCUT2D eigenvalue weighted by Gasteiger charge is 2.29. The van der Waals surface area contributed by atoms with E-state index in [4.69, 9.17) is 0 Å². The van der Waals surface area contributed by atoms with E-state index in [-0.39, 0.29) is 16.8 Å². The second-order valence-corrected chi connectivity index (χ2v) is 5.34. The number of amides is 1. The molecule has 1 aliphatic heterocycles. The van der Waals surface area contributed by atoms with Crippen molar-refractivity contribution in [1.29, 1.82) is 0 Å². The summed E-state index contributed by atoms with van der Waals surface area (Å²) in [6, 6.07) is 4.65. The van der Waals surface area contributed by atoms with E-state index in [0.717, 1.165) is 0 Å². The van der Waals surface area contributed by atoms with E-state index in [1.54, 1.807) is 12.1 Å². The zero-order valence-corrected chi connectivity index (χ0v) is 11.1. The summed E-state index contributed by atoms with van der Waals surface area (Å²) in [6.07, 6.45) is 0.368. The molecule has 1 heterocycles. The largest absolute Gasteiger partial charge is 0.311 e. The highest BCUT2D eigenvalue weighted by atomic mass is 79.9. The summed E-state index contributed by atoms with van der Waals surface area (Å²) in [5, 5.41) is 10.8. The third-order valence-electron chi connectivity index (χ3n) is 2.54. The van der Waals surface area contributed by atoms with E-state index in [9.17, 15) is 14.9 Å². The number of carbonyl (C=O) groups excluding carboxylic acids is 1. The molecule has 0 spiro atoms. The average molecular weight is 317 g/mol. The van der Waals surface area contributed by atoms with Crippen LogP contribution in [0.5, 0.6) is 0 Å². The van der Waals surface area contributed by atoms with E-state index in [2.05, 4.69) is 28.6 Å². The lowest BCUT2D eigenvalue weighted by Crippen LogP contribution is -2.24. The van der Waals surface area contributed by atoms with Crippen molar-refractivity contribution in [3.05, 3.63) is 32.8 Å². The fraction of sp³-hybridized carbons (Fsp3) is 0.300. The highest BCUT2D eigenvalue weighted by Crippen LogP contribution is 2.32. The van der Waals surface area contributed by atoms with Gasteiger partial charge in [0.25, 0.3) is 5.69 Å². The smallest absolute Gasteiger partial charge is 0.285 e. The second-order valence-electron chi connectivity index (χ2n) is 3.76. The van der Waals surface area contributed by atoms with Crippen molar-refractivity contribution >= 4 is 45.8 Å². The molecule has 1 unspecified atom stereocenters. The van der Waals surface area contributed by atoms with E-state index in [1.165, 1.54) is 11.0 Å². The summed E-state index contributed by atoms with van der Waals surface area (Å²) < 4.78 is 0.403. The first-order chi connectivity index (χ1) is 7.99. The van der Waals surface area contributed by atoms with Crippen molar-refractivity contribution in [2.45, 2.75) is 11.7 Å². The summed E-state index contributed by atoms with van der Waals surface area (Å²) >= 11 is 7.35. The van der Waals surface area contributed by atoms with Gasteiger partial charge >= 0.3 is 0 Å². The first kappa shape index (κ1) is 12.4. The van der Waals surface area contributed by atoms with Crippen molar-refractivity contribution in [3.8, 4) is 0 Å². The maximum absolute atomic E-state index is 11.6. The van der Waals surface area contributed by atoms with E-state index in [1.807, 2.05) is 0 Å². The quantitative estimate of drug-likeness (QED) is 0.517. The van der Waals surface area contributed by atoms with E-state index in [0.29, 0.717) is 23.1 Å². The predicted octanol–water partition coefficient (Wildman–Crippen LogP) is 2.39. The van der Waals surface area contributed by atoms with Gasteiger partial charge in [0.05, 0.1) is 15.1 Å². The normalized spacial score (nSPS) is 19.8. The lowest BCUT2D eigenvalue weighted by Gasteiger charge is -2.15. The molecule has 1 amide bonds. The number of carbonyl (C=O) groups is 1. The Morgan fingerprint density at radius 1 is 1.53 bits per heavy atom. The van der Waals surface area contributed by atoms with E-state index < -0.39 is 4.92 Å². The van der Waals surface area contributed by atoms with Crippen molar-refractivity contribution in [2.24, 2.45) is 0 Å². The van der Waals surface area contributed by atoms with Gasteiger partial charge in [-0.15, -0.1) is 0 Å². The second kappa shape index (κ2) is 4.66. The van der Waals surface area contributed by atoms with Crippen LogP contribution in [0.15, 0.2) is 22.7 Å². The Bertz CT molecular complexity index is 494. The highest BCUT2D eigenvalue weighted by molar-refractivity contribution is 9.10. The van der Waals surface area contributed by atoms with Crippen molar-refractivity contribution in [2.75, 3.05) is 11.4 Å². The summed E-state index contributed by atoms with van der Waals surface area (Å²) in [5.41, 5.74) is 0.499. The van der Waals surface area contributed by atoms with Crippen LogP contribution in [-0.2, 0) is 4.79 Å². The predicted molar refractivity (Wildman–Crippen MR) is 70.5 cm³/mol. The van der Waals surface area contributed by atoms with Crippen LogP contribution in [-0.4, -0.2) is 22.6 Å². The molecule has 1 saturated heterocycles. The number of benzene rings is 1. The Labute approximate surface area is 111 Å². The number of anilines is 1. The number of hydrogen-bond donors (Lipinski definition) is 1. The molecule has 5 nitrogen and oxygen atoms in total. The number of nitro groups is 1. The number of nitrogens with zero attached hydrogens (tertiary/aromatic N) is 2. The first-order valence-corrected chi connectivity index (χ1v) is 6.22. The molecule has 90 valence electrons. The molecule has 7 heteroatoms. The Kier molecular flexibility index (Phi) is 3.39. The molecule has 1 aromatic rings. The van der Waals surface area contributed by atoms with Crippen LogP contribution >= 0.6 is 28.6 Å². The standard InChI is InChI=1S/C10H9BrN2O3S/c11-8-2-1-6(3-9(8)13(15)16)12-5-7(17)4-10(12)14/h1-3,7,17H,4-5H2. The maximum atomic E-state index is 11.6. The Morgan fingerprint density at radius 3 is 2.76 bits per heavy atom. The van der Waals surface area contributed by atoms with Gasteiger partial charge in [-0.1, -0.05) is 0 Å². The van der Waals surface area contributed by atoms with Crippen LogP contribution in [0.1, 0.15) is 6.42 Å². The molecule has 1 aromatic carbocycles. The molecule has 0 N–H and O–H groups in total. The van der Waals surface area contributed by atoms with Gasteiger partial charge in [0, 0.05) is 24.3 Å². The Hall–Kier alpha value is -1.08. The SMILES string of the molecule is O=C1CC(S)CN1c1ccc(Br)c([N+](=O)[O-])c1. The van der Waals surface area contributed by atoms with Crippen LogP contribution in [0.4, 0.5) is 11.4 Å². The lowest BCUT2D eigenvalue weighted by molar-refractivity contribution is -0.385. The average Bonchev–Trinajstić information content (AvgIpc) is 2.58. The van der Waals surface area contributed by atoms with Crippen LogP contribution in [0.3, 0.4) is 0 Å². The van der Waals surface area contributed by atoms with Crippen LogP contribution in [0, 0.1) is 10.1 Å². The van der Waals surface area contributed by atoms with Crippen molar-refractivity contribution in [1.82, 2.24) is 0 Å². The number of thiol groups is 1. The van der Waals surface area contributed by atoms with Gasteiger partial charge in [0.2, 0.25) is 5.91 Å². The number of rotatable bonds is 2. The van der Waals surface area contributed by atoms with Gasteiger partial charge in [-0.3, -0.25) is 14.9 Å². The van der Waals surface area contributed by atoms with Gasteiger partial charge in [-0.05, 0) is 28.1 Å². The molecule has 0 aliphatic carbocycles. The molecule has 2 rings (SSSR count). The summed E-state index contributed by atoms with van der Waals surface area (Å²) in [6.45, 7) is 0.487. The van der Waals surface area contributed by atoms with Gasteiger partial charge in [0.1, 0.15) is 0 Å². The third kappa shape index (κ3) is 2.44. The summed E-state index contributed by atoms with van der Waals surface area (Å²) in [4.78, 5) is 23.5. The summed E-state index contributed by atoms with van der Waals surface area (Å²) in [5.74, 6) is -0.0541. The Morgan fingerprint density at radius 2 is 2.24 bits per heavy atom. The lowest BCUT2D eigenvalue weighted by atomic mass is 10.2. The van der Waals surface area contributed by atoms with Crippen LogP contribution in [0.25, 0.3) is 0 Å². The minimum absolute atomic E-state index is 0.00907. The fourth-order valence-electron chi connectivity index (χ4n) is 1.75. The summed E-state index contributed by atoms with van der Waals surface area (Å²) in [7, 11) is 0. The molecule has 0 bridgehead atoms.